The highest BCUT2D eigenvalue weighted by Gasteiger charge is 2.27. The molecule has 0 heterocycles. The van der Waals surface area contributed by atoms with E-state index in [1.165, 1.54) is 14.2 Å². The molecule has 46 heavy (non-hydrogen) atoms. The number of aliphatic imine (C=N–C) groups is 1. The number of hydrogen-bond acceptors (Lipinski definition) is 8. The Bertz CT molecular complexity index is 1410. The molecule has 2 aromatic carbocycles. The van der Waals surface area contributed by atoms with Crippen molar-refractivity contribution in [1.82, 2.24) is 16.0 Å². The summed E-state index contributed by atoms with van der Waals surface area (Å²) in [5.41, 5.74) is 1.06. The maximum atomic E-state index is 13.2. The van der Waals surface area contributed by atoms with E-state index in [1.54, 1.807) is 70.2 Å². The van der Waals surface area contributed by atoms with Crippen molar-refractivity contribution in [3.63, 3.8) is 0 Å². The van der Waals surface area contributed by atoms with Crippen LogP contribution >= 0.6 is 0 Å². The summed E-state index contributed by atoms with van der Waals surface area (Å²) in [4.78, 5) is 67.6. The summed E-state index contributed by atoms with van der Waals surface area (Å²) in [6.45, 7) is 10.7. The minimum Gasteiger partial charge on any atom is -0.497 e. The van der Waals surface area contributed by atoms with Crippen LogP contribution in [0.3, 0.4) is 0 Å². The second-order valence-electron chi connectivity index (χ2n) is 11.8. The Hall–Kier alpha value is -4.94. The molecule has 0 radical (unpaired) electrons. The second-order valence-corrected chi connectivity index (χ2v) is 11.8. The van der Waals surface area contributed by atoms with Crippen molar-refractivity contribution in [2.45, 2.75) is 79.1 Å². The number of nitrogens with zero attached hydrogens (tertiary/aromatic N) is 1. The summed E-state index contributed by atoms with van der Waals surface area (Å²) in [6.07, 6.45) is -0.315. The topological polar surface area (TPSA) is 174 Å². The fourth-order valence-corrected chi connectivity index (χ4v) is 4.09. The largest absolute Gasteiger partial charge is 0.497 e. The van der Waals surface area contributed by atoms with Crippen LogP contribution in [0.5, 0.6) is 11.5 Å². The van der Waals surface area contributed by atoms with Gasteiger partial charge in [0, 0.05) is 24.8 Å². The molecule has 2 aromatic rings. The van der Waals surface area contributed by atoms with Crippen LogP contribution in [-0.2, 0) is 32.2 Å². The van der Waals surface area contributed by atoms with Crippen LogP contribution in [0, 0.1) is 5.92 Å². The molecule has 250 valence electrons. The molecule has 2 rings (SSSR count). The van der Waals surface area contributed by atoms with Crippen LogP contribution in [0.25, 0.3) is 0 Å². The molecule has 0 aliphatic heterocycles. The molecule has 1 atom stereocenters. The van der Waals surface area contributed by atoms with Gasteiger partial charge in [0.1, 0.15) is 22.8 Å². The van der Waals surface area contributed by atoms with Crippen LogP contribution in [0.2, 0.25) is 0 Å². The molecule has 0 saturated heterocycles. The first kappa shape index (κ1) is 37.2. The van der Waals surface area contributed by atoms with Crippen LogP contribution in [0.1, 0.15) is 65.5 Å². The molecule has 1 unspecified atom stereocenters. The molecule has 0 saturated carbocycles. The summed E-state index contributed by atoms with van der Waals surface area (Å²) < 4.78 is 15.7. The lowest BCUT2D eigenvalue weighted by molar-refractivity contribution is -0.139. The van der Waals surface area contributed by atoms with Crippen LogP contribution < -0.4 is 30.7 Å². The zero-order valence-corrected chi connectivity index (χ0v) is 27.7. The lowest BCUT2D eigenvalue weighted by atomic mass is 10.0. The van der Waals surface area contributed by atoms with Gasteiger partial charge in [-0.2, -0.15) is 4.99 Å². The number of nitrogens with one attached hydrogen (secondary N) is 4. The highest BCUT2D eigenvalue weighted by Crippen LogP contribution is 2.22. The maximum absolute atomic E-state index is 13.2. The number of ether oxygens (including phenoxy) is 3. The third-order valence-corrected chi connectivity index (χ3v) is 6.23. The molecule has 0 fully saturated rings. The number of hydrogen-bond donors (Lipinski definition) is 4. The van der Waals surface area contributed by atoms with Crippen molar-refractivity contribution in [2.75, 3.05) is 19.5 Å². The fourth-order valence-electron chi connectivity index (χ4n) is 4.09. The maximum Gasteiger partial charge on any atom is 0.412 e. The van der Waals surface area contributed by atoms with Gasteiger partial charge in [0.25, 0.3) is 11.8 Å². The molecule has 4 N–H and O–H groups in total. The first-order chi connectivity index (χ1) is 21.6. The Kier molecular flexibility index (Phi) is 14.2. The van der Waals surface area contributed by atoms with Crippen molar-refractivity contribution in [3.05, 3.63) is 53.6 Å². The molecule has 0 aliphatic carbocycles. The summed E-state index contributed by atoms with van der Waals surface area (Å²) >= 11 is 0. The van der Waals surface area contributed by atoms with E-state index >= 15 is 0 Å². The van der Waals surface area contributed by atoms with Crippen molar-refractivity contribution in [3.8, 4) is 11.5 Å². The van der Waals surface area contributed by atoms with E-state index in [4.69, 9.17) is 14.2 Å². The number of carbonyl (C=O) groups is 5. The number of urea groups is 1. The third-order valence-electron chi connectivity index (χ3n) is 6.23. The number of ketones is 1. The van der Waals surface area contributed by atoms with Crippen molar-refractivity contribution in [1.29, 1.82) is 0 Å². The predicted octanol–water partition coefficient (Wildman–Crippen LogP) is 4.53. The van der Waals surface area contributed by atoms with Gasteiger partial charge in [0.05, 0.1) is 20.3 Å². The summed E-state index contributed by atoms with van der Waals surface area (Å²) in [5, 5.41) is 10.4. The standard InChI is InChI=1S/C33H45N5O8/c1-9-26(28(39)30(41)34-19-22-15-24(44-7)17-25(16-22)45-8)37-29(40)27(13-20(2)3)38-31(42)35-18-21-11-10-12-23(14-21)36-32(43)46-33(4,5)6/h10-12,14-17,20,26H,9,13,18-19H2,1-8H3,(H,34,41)(H,35,42)(H,36,43)(H,37,40)/b38-27-. The number of methoxy groups -OCH3 is 2. The van der Waals surface area contributed by atoms with Gasteiger partial charge in [-0.1, -0.05) is 32.9 Å². The first-order valence-electron chi connectivity index (χ1n) is 14.9. The van der Waals surface area contributed by atoms with Gasteiger partial charge in [-0.3, -0.25) is 19.7 Å². The van der Waals surface area contributed by atoms with Gasteiger partial charge in [0.15, 0.2) is 0 Å². The zero-order valence-electron chi connectivity index (χ0n) is 27.7. The number of Topliss-reactive ketones (excluding diaryl/α,β-unsaturated/α-hetero) is 1. The molecule has 0 spiro atoms. The van der Waals surface area contributed by atoms with Crippen molar-refractivity contribution in [2.24, 2.45) is 10.9 Å². The van der Waals surface area contributed by atoms with E-state index < -0.39 is 41.4 Å². The highest BCUT2D eigenvalue weighted by atomic mass is 16.6. The zero-order chi connectivity index (χ0) is 34.4. The number of anilines is 1. The Morgan fingerprint density at radius 3 is 2.04 bits per heavy atom. The SMILES string of the molecule is CCC(NC(=O)/C(CC(C)C)=N\C(=O)NCc1cccc(NC(=O)OC(C)(C)C)c1)C(=O)C(=O)NCc1cc(OC)cc(OC)c1. The lowest BCUT2D eigenvalue weighted by Gasteiger charge is -2.19. The first-order valence-corrected chi connectivity index (χ1v) is 14.9. The molecule has 13 heteroatoms. The van der Waals surface area contributed by atoms with Crippen LogP contribution in [0.4, 0.5) is 15.3 Å². The Morgan fingerprint density at radius 1 is 0.848 bits per heavy atom. The summed E-state index contributed by atoms with van der Waals surface area (Å²) in [7, 11) is 3.00. The molecule has 0 bridgehead atoms. The van der Waals surface area contributed by atoms with E-state index in [9.17, 15) is 24.0 Å². The monoisotopic (exact) mass is 639 g/mol. The molecule has 13 nitrogen and oxygen atoms in total. The number of benzene rings is 2. The Labute approximate surface area is 269 Å². The summed E-state index contributed by atoms with van der Waals surface area (Å²) in [6, 6.07) is 9.99. The van der Waals surface area contributed by atoms with Gasteiger partial charge in [0.2, 0.25) is 5.78 Å². The van der Waals surface area contributed by atoms with E-state index in [0.29, 0.717) is 28.3 Å². The molecule has 0 aromatic heterocycles. The fraction of sp³-hybridized carbons (Fsp3) is 0.455. The van der Waals surface area contributed by atoms with Gasteiger partial charge in [-0.25, -0.2) is 9.59 Å². The average Bonchev–Trinajstić information content (AvgIpc) is 2.99. The van der Waals surface area contributed by atoms with Crippen molar-refractivity contribution >= 4 is 41.1 Å². The van der Waals surface area contributed by atoms with E-state index in [0.717, 1.165) is 0 Å². The number of rotatable bonds is 14. The number of amides is 5. The predicted molar refractivity (Wildman–Crippen MR) is 174 cm³/mol. The van der Waals surface area contributed by atoms with Crippen molar-refractivity contribution < 1.29 is 38.2 Å². The van der Waals surface area contributed by atoms with Gasteiger partial charge >= 0.3 is 12.1 Å². The Balaban J connectivity index is 2.04. The van der Waals surface area contributed by atoms with Gasteiger partial charge in [-0.15, -0.1) is 0 Å². The second kappa shape index (κ2) is 17.5. The lowest BCUT2D eigenvalue weighted by Crippen LogP contribution is -2.49. The van der Waals surface area contributed by atoms with E-state index in [1.807, 2.05) is 13.8 Å². The van der Waals surface area contributed by atoms with Gasteiger partial charge < -0.3 is 30.2 Å². The van der Waals surface area contributed by atoms with E-state index in [-0.39, 0.29) is 37.6 Å². The van der Waals surface area contributed by atoms with Crippen LogP contribution in [0.15, 0.2) is 47.5 Å². The number of carbonyl (C=O) groups excluding carboxylic acids is 5. The molecular weight excluding hydrogens is 594 g/mol. The summed E-state index contributed by atoms with van der Waals surface area (Å²) in [5.74, 6) is -1.42. The average molecular weight is 640 g/mol. The van der Waals surface area contributed by atoms with Gasteiger partial charge in [-0.05, 0) is 74.9 Å². The molecule has 5 amide bonds. The smallest absolute Gasteiger partial charge is 0.412 e. The molecule has 0 aliphatic rings. The van der Waals surface area contributed by atoms with Crippen LogP contribution in [-0.4, -0.2) is 61.3 Å². The normalized spacial score (nSPS) is 12.1. The Morgan fingerprint density at radius 2 is 1.48 bits per heavy atom. The minimum absolute atomic E-state index is 0.0305. The highest BCUT2D eigenvalue weighted by molar-refractivity contribution is 6.43. The third kappa shape index (κ3) is 13.0. The minimum atomic E-state index is -1.13. The molecular formula is C33H45N5O8. The van der Waals surface area contributed by atoms with E-state index in [2.05, 4.69) is 26.3 Å². The quantitative estimate of drug-likeness (QED) is 0.172.